The normalized spacial score (nSPS) is 21.9. The molecular weight excluding hydrogens is 357 g/mol. The number of hydrogen-bond donors (Lipinski definition) is 2. The number of hydrogen-bond acceptors (Lipinski definition) is 4. The quantitative estimate of drug-likeness (QED) is 0.755. The summed E-state index contributed by atoms with van der Waals surface area (Å²) in [5.41, 5.74) is 0.893. The van der Waals surface area contributed by atoms with Crippen molar-refractivity contribution in [2.75, 3.05) is 18.8 Å². The summed E-state index contributed by atoms with van der Waals surface area (Å²) in [6.07, 6.45) is 0.251. The molecule has 26 heavy (non-hydrogen) atoms. The zero-order valence-corrected chi connectivity index (χ0v) is 15.0. The fraction of sp³-hybridized carbons (Fsp3) is 0.368. The van der Waals surface area contributed by atoms with Gasteiger partial charge < -0.3 is 10.1 Å². The van der Waals surface area contributed by atoms with Gasteiger partial charge in [0.2, 0.25) is 0 Å². The Labute approximate surface area is 152 Å². The second kappa shape index (κ2) is 8.16. The minimum atomic E-state index is -4.11. The van der Waals surface area contributed by atoms with Crippen molar-refractivity contribution in [1.29, 1.82) is 0 Å². The van der Waals surface area contributed by atoms with Crippen LogP contribution in [0.15, 0.2) is 54.6 Å². The number of benzene rings is 2. The fourth-order valence-corrected chi connectivity index (χ4v) is 4.43. The number of piperidine rings is 1. The molecular formula is C19H22FNO4S. The summed E-state index contributed by atoms with van der Waals surface area (Å²) < 4.78 is 51.9. The molecule has 5 nitrogen and oxygen atoms in total. The number of halogens is 1. The standard InChI is InChI=1S/C19H22FNO4S/c20-16-7-4-8-17(11-16)25-19(14-5-2-1-3-6-14)18-9-10-21-12-15(18)13-26(22,23)24/h1-8,11,15,18-19,21H,9-10,12-13H2,(H,22,23,24). The Morgan fingerprint density at radius 3 is 2.65 bits per heavy atom. The van der Waals surface area contributed by atoms with Crippen molar-refractivity contribution in [3.63, 3.8) is 0 Å². The highest BCUT2D eigenvalue weighted by atomic mass is 32.2. The van der Waals surface area contributed by atoms with Crippen LogP contribution in [0.25, 0.3) is 0 Å². The van der Waals surface area contributed by atoms with Gasteiger partial charge in [-0.2, -0.15) is 8.42 Å². The van der Waals surface area contributed by atoms with Crippen molar-refractivity contribution in [3.8, 4) is 5.75 Å². The molecule has 0 spiro atoms. The molecule has 0 bridgehead atoms. The molecule has 1 saturated heterocycles. The molecule has 3 atom stereocenters. The van der Waals surface area contributed by atoms with Crippen molar-refractivity contribution in [2.45, 2.75) is 12.5 Å². The van der Waals surface area contributed by atoms with Crippen LogP contribution in [0.5, 0.6) is 5.75 Å². The molecule has 140 valence electrons. The van der Waals surface area contributed by atoms with E-state index in [1.807, 2.05) is 30.3 Å². The highest BCUT2D eigenvalue weighted by molar-refractivity contribution is 7.85. The van der Waals surface area contributed by atoms with Crippen molar-refractivity contribution >= 4 is 10.1 Å². The Bertz CT molecular complexity index is 828. The summed E-state index contributed by atoms with van der Waals surface area (Å²) >= 11 is 0. The molecule has 1 heterocycles. The van der Waals surface area contributed by atoms with Crippen molar-refractivity contribution in [1.82, 2.24) is 5.32 Å². The number of nitrogens with one attached hydrogen (secondary N) is 1. The highest BCUT2D eigenvalue weighted by Crippen LogP contribution is 2.37. The van der Waals surface area contributed by atoms with Gasteiger partial charge in [0.1, 0.15) is 17.7 Å². The smallest absolute Gasteiger partial charge is 0.265 e. The lowest BCUT2D eigenvalue weighted by Crippen LogP contribution is -2.43. The van der Waals surface area contributed by atoms with E-state index in [9.17, 15) is 17.4 Å². The first-order valence-electron chi connectivity index (χ1n) is 8.55. The van der Waals surface area contributed by atoms with Gasteiger partial charge in [0.25, 0.3) is 10.1 Å². The minimum absolute atomic E-state index is 0.135. The second-order valence-corrected chi connectivity index (χ2v) is 8.07. The third-order valence-corrected chi connectivity index (χ3v) is 5.52. The van der Waals surface area contributed by atoms with Crippen LogP contribution in [-0.4, -0.2) is 31.8 Å². The zero-order valence-electron chi connectivity index (χ0n) is 14.2. The summed E-state index contributed by atoms with van der Waals surface area (Å²) in [6, 6.07) is 15.4. The molecule has 2 N–H and O–H groups in total. The first kappa shape index (κ1) is 18.8. The second-order valence-electron chi connectivity index (χ2n) is 6.57. The molecule has 1 aliphatic rings. The van der Waals surface area contributed by atoms with Crippen LogP contribution in [0.1, 0.15) is 18.1 Å². The molecule has 1 fully saturated rings. The van der Waals surface area contributed by atoms with Gasteiger partial charge in [0.15, 0.2) is 0 Å². The molecule has 0 radical (unpaired) electrons. The fourth-order valence-electron chi connectivity index (χ4n) is 3.53. The lowest BCUT2D eigenvalue weighted by Gasteiger charge is -2.37. The minimum Gasteiger partial charge on any atom is -0.485 e. The van der Waals surface area contributed by atoms with E-state index in [0.717, 1.165) is 12.1 Å². The van der Waals surface area contributed by atoms with Gasteiger partial charge in [-0.3, -0.25) is 4.55 Å². The van der Waals surface area contributed by atoms with Gasteiger partial charge in [-0.15, -0.1) is 0 Å². The maximum absolute atomic E-state index is 13.6. The van der Waals surface area contributed by atoms with Crippen LogP contribution in [0, 0.1) is 17.7 Å². The van der Waals surface area contributed by atoms with E-state index < -0.39 is 22.0 Å². The zero-order chi connectivity index (χ0) is 18.6. The van der Waals surface area contributed by atoms with Gasteiger partial charge >= 0.3 is 0 Å². The maximum Gasteiger partial charge on any atom is 0.265 e. The molecule has 3 unspecified atom stereocenters. The summed E-state index contributed by atoms with van der Waals surface area (Å²) in [4.78, 5) is 0. The first-order chi connectivity index (χ1) is 12.4. The van der Waals surface area contributed by atoms with Crippen LogP contribution in [-0.2, 0) is 10.1 Å². The first-order valence-corrected chi connectivity index (χ1v) is 10.2. The monoisotopic (exact) mass is 379 g/mol. The average Bonchev–Trinajstić information content (AvgIpc) is 2.60. The van der Waals surface area contributed by atoms with Gasteiger partial charge in [-0.05, 0) is 43.1 Å². The van der Waals surface area contributed by atoms with Crippen LogP contribution >= 0.6 is 0 Å². The average molecular weight is 379 g/mol. The van der Waals surface area contributed by atoms with Crippen molar-refractivity contribution in [2.24, 2.45) is 11.8 Å². The molecule has 0 aliphatic carbocycles. The van der Waals surface area contributed by atoms with Gasteiger partial charge in [0.05, 0.1) is 5.75 Å². The van der Waals surface area contributed by atoms with Gasteiger partial charge in [-0.1, -0.05) is 36.4 Å². The van der Waals surface area contributed by atoms with Crippen LogP contribution in [0.3, 0.4) is 0 Å². The molecule has 2 aromatic carbocycles. The number of rotatable bonds is 6. The molecule has 7 heteroatoms. The predicted octanol–water partition coefficient (Wildman–Crippen LogP) is 3.06. The maximum atomic E-state index is 13.6. The largest absolute Gasteiger partial charge is 0.485 e. The summed E-state index contributed by atoms with van der Waals surface area (Å²) in [5, 5.41) is 3.18. The summed E-state index contributed by atoms with van der Waals surface area (Å²) in [6.45, 7) is 1.20. The van der Waals surface area contributed by atoms with E-state index in [1.165, 1.54) is 12.1 Å². The lowest BCUT2D eigenvalue weighted by molar-refractivity contribution is 0.0797. The van der Waals surface area contributed by atoms with Crippen molar-refractivity contribution < 1.29 is 22.1 Å². The Kier molecular flexibility index (Phi) is 5.90. The molecule has 3 rings (SSSR count). The van der Waals surface area contributed by atoms with E-state index in [1.54, 1.807) is 12.1 Å². The summed E-state index contributed by atoms with van der Waals surface area (Å²) in [7, 11) is -4.11. The molecule has 0 amide bonds. The Morgan fingerprint density at radius 1 is 1.19 bits per heavy atom. The molecule has 2 aromatic rings. The van der Waals surface area contributed by atoms with Crippen molar-refractivity contribution in [3.05, 3.63) is 66.0 Å². The Hall–Kier alpha value is -1.96. The molecule has 0 aromatic heterocycles. The lowest BCUT2D eigenvalue weighted by atomic mass is 9.80. The van der Waals surface area contributed by atoms with Crippen LogP contribution in [0.2, 0.25) is 0 Å². The third kappa shape index (κ3) is 5.03. The predicted molar refractivity (Wildman–Crippen MR) is 97.1 cm³/mol. The van der Waals surface area contributed by atoms with E-state index in [4.69, 9.17) is 4.74 Å². The SMILES string of the molecule is O=S(=O)(O)CC1CNCCC1C(Oc1cccc(F)c1)c1ccccc1. The van der Waals surface area contributed by atoms with Crippen LogP contribution in [0.4, 0.5) is 4.39 Å². The van der Waals surface area contributed by atoms with Gasteiger partial charge in [-0.25, -0.2) is 4.39 Å². The van der Waals surface area contributed by atoms with E-state index in [0.29, 0.717) is 18.7 Å². The summed E-state index contributed by atoms with van der Waals surface area (Å²) in [5.74, 6) is -0.779. The Balaban J connectivity index is 1.93. The van der Waals surface area contributed by atoms with E-state index in [2.05, 4.69) is 5.32 Å². The molecule has 1 aliphatic heterocycles. The topological polar surface area (TPSA) is 75.6 Å². The van der Waals surface area contributed by atoms with E-state index in [-0.39, 0.29) is 17.6 Å². The third-order valence-electron chi connectivity index (χ3n) is 4.67. The van der Waals surface area contributed by atoms with E-state index >= 15 is 0 Å². The Morgan fingerprint density at radius 2 is 1.96 bits per heavy atom. The molecule has 0 saturated carbocycles. The number of ether oxygens (including phenoxy) is 1. The van der Waals surface area contributed by atoms with Gasteiger partial charge in [0, 0.05) is 12.0 Å². The highest BCUT2D eigenvalue weighted by Gasteiger charge is 2.36. The van der Waals surface area contributed by atoms with Crippen LogP contribution < -0.4 is 10.1 Å².